The number of nitrogens with zero attached hydrogens (tertiary/aromatic N) is 3. The number of aromatic nitrogens is 3. The van der Waals surface area contributed by atoms with Gasteiger partial charge >= 0.3 is 5.63 Å². The van der Waals surface area contributed by atoms with Crippen molar-refractivity contribution in [2.24, 2.45) is 0 Å². The van der Waals surface area contributed by atoms with E-state index in [0.717, 1.165) is 46.1 Å². The summed E-state index contributed by atoms with van der Waals surface area (Å²) in [5.74, 6) is 3.01. The number of furan rings is 1. The van der Waals surface area contributed by atoms with Gasteiger partial charge in [0.15, 0.2) is 5.16 Å². The smallest absolute Gasteiger partial charge is 0.336 e. The van der Waals surface area contributed by atoms with Gasteiger partial charge in [-0.1, -0.05) is 11.8 Å². The Labute approximate surface area is 171 Å². The van der Waals surface area contributed by atoms with Crippen LogP contribution in [0.15, 0.2) is 55.4 Å². The van der Waals surface area contributed by atoms with Gasteiger partial charge in [0.2, 0.25) is 0 Å². The molecule has 1 saturated carbocycles. The molecule has 1 aromatic carbocycles. The van der Waals surface area contributed by atoms with Crippen molar-refractivity contribution in [1.29, 1.82) is 0 Å². The van der Waals surface area contributed by atoms with E-state index in [2.05, 4.69) is 27.8 Å². The number of thioether (sulfide) groups is 1. The maximum Gasteiger partial charge on any atom is 0.336 e. The van der Waals surface area contributed by atoms with Crippen LogP contribution < -0.4 is 5.63 Å². The molecule has 3 aromatic heterocycles. The highest BCUT2D eigenvalue weighted by Crippen LogP contribution is 2.40. The van der Waals surface area contributed by atoms with E-state index in [0.29, 0.717) is 23.8 Å². The molecular formula is C22H21N3O3S. The SMILES string of the molecule is Cc1cc2oc(=O)cc(CSc3nnc(C4CC4)n3Cc3ccco3)c2cc1C. The predicted molar refractivity (Wildman–Crippen MR) is 111 cm³/mol. The second-order valence-corrected chi connectivity index (χ2v) is 8.54. The third-order valence-electron chi connectivity index (χ3n) is 5.38. The predicted octanol–water partition coefficient (Wildman–Crippen LogP) is 4.81. The first-order valence-corrected chi connectivity index (χ1v) is 10.7. The van der Waals surface area contributed by atoms with Crippen molar-refractivity contribution in [3.63, 3.8) is 0 Å². The van der Waals surface area contributed by atoms with Gasteiger partial charge < -0.3 is 8.83 Å². The van der Waals surface area contributed by atoms with Gasteiger partial charge in [-0.25, -0.2) is 4.79 Å². The summed E-state index contributed by atoms with van der Waals surface area (Å²) >= 11 is 1.59. The molecule has 0 aliphatic heterocycles. The highest BCUT2D eigenvalue weighted by atomic mass is 32.2. The molecule has 3 heterocycles. The first kappa shape index (κ1) is 18.2. The minimum absolute atomic E-state index is 0.327. The lowest BCUT2D eigenvalue weighted by atomic mass is 10.0. The standard InChI is InChI=1S/C22H21N3O3S/c1-13-8-18-16(10-20(26)28-19(18)9-14(13)2)12-29-22-24-23-21(15-5-6-15)25(22)11-17-4-3-7-27-17/h3-4,7-10,15H,5-6,11-12H2,1-2H3. The second kappa shape index (κ2) is 7.22. The third kappa shape index (κ3) is 3.62. The molecule has 0 saturated heterocycles. The van der Waals surface area contributed by atoms with Crippen LogP contribution in [0, 0.1) is 13.8 Å². The quantitative estimate of drug-likeness (QED) is 0.337. The van der Waals surface area contributed by atoms with Crippen LogP contribution in [0.25, 0.3) is 11.0 Å². The Bertz CT molecular complexity index is 1240. The van der Waals surface area contributed by atoms with E-state index in [1.165, 1.54) is 5.56 Å². The fourth-order valence-electron chi connectivity index (χ4n) is 3.50. The van der Waals surface area contributed by atoms with Gasteiger partial charge in [0, 0.05) is 23.1 Å². The van der Waals surface area contributed by atoms with E-state index in [4.69, 9.17) is 8.83 Å². The number of benzene rings is 1. The fourth-order valence-corrected chi connectivity index (χ4v) is 4.44. The summed E-state index contributed by atoms with van der Waals surface area (Å²) in [6, 6.07) is 9.46. The van der Waals surface area contributed by atoms with Gasteiger partial charge in [0.25, 0.3) is 0 Å². The molecule has 0 unspecified atom stereocenters. The lowest BCUT2D eigenvalue weighted by Gasteiger charge is -2.10. The van der Waals surface area contributed by atoms with Crippen LogP contribution in [0.4, 0.5) is 0 Å². The van der Waals surface area contributed by atoms with Crippen molar-refractivity contribution in [3.8, 4) is 0 Å². The highest BCUT2D eigenvalue weighted by molar-refractivity contribution is 7.98. The molecule has 7 heteroatoms. The summed E-state index contributed by atoms with van der Waals surface area (Å²) in [4.78, 5) is 12.1. The van der Waals surface area contributed by atoms with Gasteiger partial charge in [-0.3, -0.25) is 4.57 Å². The molecule has 1 aliphatic carbocycles. The van der Waals surface area contributed by atoms with E-state index < -0.39 is 0 Å². The average Bonchev–Trinajstić information content (AvgIpc) is 3.25. The summed E-state index contributed by atoms with van der Waals surface area (Å²) in [5, 5.41) is 10.7. The molecule has 0 bridgehead atoms. The molecule has 0 radical (unpaired) electrons. The molecule has 0 amide bonds. The van der Waals surface area contributed by atoms with Gasteiger partial charge in [-0.15, -0.1) is 10.2 Å². The average molecular weight is 407 g/mol. The summed E-state index contributed by atoms with van der Waals surface area (Å²) in [5.41, 5.74) is 3.54. The summed E-state index contributed by atoms with van der Waals surface area (Å²) in [7, 11) is 0. The van der Waals surface area contributed by atoms with Crippen LogP contribution in [0.3, 0.4) is 0 Å². The zero-order valence-electron chi connectivity index (χ0n) is 16.3. The summed E-state index contributed by atoms with van der Waals surface area (Å²) < 4.78 is 13.1. The molecule has 0 N–H and O–H groups in total. The van der Waals surface area contributed by atoms with Crippen LogP contribution in [-0.4, -0.2) is 14.8 Å². The molecule has 5 rings (SSSR count). The zero-order valence-corrected chi connectivity index (χ0v) is 17.2. The van der Waals surface area contributed by atoms with Crippen molar-refractivity contribution >= 4 is 22.7 Å². The van der Waals surface area contributed by atoms with Crippen LogP contribution in [0.2, 0.25) is 0 Å². The highest BCUT2D eigenvalue weighted by Gasteiger charge is 2.30. The molecule has 0 spiro atoms. The number of rotatable bonds is 6. The van der Waals surface area contributed by atoms with Crippen molar-refractivity contribution in [2.45, 2.75) is 50.1 Å². The van der Waals surface area contributed by atoms with Crippen LogP contribution >= 0.6 is 11.8 Å². The first-order valence-electron chi connectivity index (χ1n) is 9.71. The Morgan fingerprint density at radius 1 is 1.17 bits per heavy atom. The number of hydrogen-bond donors (Lipinski definition) is 0. The van der Waals surface area contributed by atoms with Gasteiger partial charge in [0.05, 0.1) is 12.8 Å². The lowest BCUT2D eigenvalue weighted by Crippen LogP contribution is -2.06. The Morgan fingerprint density at radius 2 is 2.00 bits per heavy atom. The maximum absolute atomic E-state index is 12.1. The number of aryl methyl sites for hydroxylation is 2. The van der Waals surface area contributed by atoms with Gasteiger partial charge in [-0.05, 0) is 67.6 Å². The molecular weight excluding hydrogens is 386 g/mol. The van der Waals surface area contributed by atoms with E-state index in [1.54, 1.807) is 24.1 Å². The Kier molecular flexibility index (Phi) is 4.54. The van der Waals surface area contributed by atoms with E-state index in [9.17, 15) is 4.79 Å². The zero-order chi connectivity index (χ0) is 20.0. The minimum Gasteiger partial charge on any atom is -0.467 e. The molecule has 29 heavy (non-hydrogen) atoms. The van der Waals surface area contributed by atoms with Crippen LogP contribution in [0.1, 0.15) is 47.0 Å². The van der Waals surface area contributed by atoms with Crippen LogP contribution in [0.5, 0.6) is 0 Å². The Morgan fingerprint density at radius 3 is 2.76 bits per heavy atom. The summed E-state index contributed by atoms with van der Waals surface area (Å²) in [6.45, 7) is 4.70. The molecule has 1 aliphatic rings. The Balaban J connectivity index is 1.47. The van der Waals surface area contributed by atoms with Crippen LogP contribution in [-0.2, 0) is 12.3 Å². The van der Waals surface area contributed by atoms with E-state index in [1.807, 2.05) is 25.1 Å². The van der Waals surface area contributed by atoms with Crippen molar-refractivity contribution in [2.75, 3.05) is 0 Å². The largest absolute Gasteiger partial charge is 0.467 e. The van der Waals surface area contributed by atoms with Gasteiger partial charge in [0.1, 0.15) is 17.2 Å². The Hall–Kier alpha value is -2.80. The lowest BCUT2D eigenvalue weighted by molar-refractivity contribution is 0.478. The molecule has 6 nitrogen and oxygen atoms in total. The monoisotopic (exact) mass is 407 g/mol. The normalized spacial score (nSPS) is 14.0. The molecule has 1 fully saturated rings. The molecule has 148 valence electrons. The number of hydrogen-bond acceptors (Lipinski definition) is 6. The maximum atomic E-state index is 12.1. The first-order chi connectivity index (χ1) is 14.1. The van der Waals surface area contributed by atoms with Crippen molar-refractivity contribution in [1.82, 2.24) is 14.8 Å². The molecule has 4 aromatic rings. The van der Waals surface area contributed by atoms with Crippen molar-refractivity contribution < 1.29 is 8.83 Å². The summed E-state index contributed by atoms with van der Waals surface area (Å²) in [6.07, 6.45) is 4.00. The van der Waals surface area contributed by atoms with Crippen molar-refractivity contribution in [3.05, 3.63) is 75.3 Å². The van der Waals surface area contributed by atoms with E-state index >= 15 is 0 Å². The fraction of sp³-hybridized carbons (Fsp3) is 0.318. The van der Waals surface area contributed by atoms with E-state index in [-0.39, 0.29) is 5.63 Å². The number of fused-ring (bicyclic) bond motifs is 1. The third-order valence-corrected chi connectivity index (χ3v) is 6.40. The minimum atomic E-state index is -0.327. The van der Waals surface area contributed by atoms with Gasteiger partial charge in [-0.2, -0.15) is 0 Å². The second-order valence-electron chi connectivity index (χ2n) is 7.59. The molecule has 0 atom stereocenters. The topological polar surface area (TPSA) is 74.1 Å².